The van der Waals surface area contributed by atoms with Crippen LogP contribution in [0, 0.1) is 11.8 Å². The van der Waals surface area contributed by atoms with Gasteiger partial charge in [-0.2, -0.15) is 0 Å². The maximum absolute atomic E-state index is 12.4. The number of hydrogen-bond acceptors (Lipinski definition) is 3. The van der Waals surface area contributed by atoms with Crippen molar-refractivity contribution in [3.63, 3.8) is 0 Å². The van der Waals surface area contributed by atoms with Gasteiger partial charge in [0.05, 0.1) is 0 Å². The minimum Gasteiger partial charge on any atom is -0.356 e. The summed E-state index contributed by atoms with van der Waals surface area (Å²) >= 11 is 0. The summed E-state index contributed by atoms with van der Waals surface area (Å²) in [7, 11) is 1.81. The maximum Gasteiger partial charge on any atom is 0.227 e. The van der Waals surface area contributed by atoms with E-state index in [1.54, 1.807) is 7.05 Å². The Bertz CT molecular complexity index is 697. The molecule has 2 fully saturated rings. The number of likely N-dealkylation sites (tertiary alicyclic amines) is 1. The first-order valence-corrected chi connectivity index (χ1v) is 11.7. The van der Waals surface area contributed by atoms with Gasteiger partial charge in [-0.1, -0.05) is 31.9 Å². The van der Waals surface area contributed by atoms with E-state index in [1.807, 2.05) is 18.2 Å². The molecule has 3 N–H and O–H groups in total. The van der Waals surface area contributed by atoms with Crippen molar-refractivity contribution >= 4 is 41.5 Å². The molecule has 2 aliphatic rings. The second-order valence-corrected chi connectivity index (χ2v) is 8.90. The number of anilines is 1. The molecule has 0 unspecified atom stereocenters. The number of carbonyl (C=O) groups is 1. The number of carbonyl (C=O) groups excluding carboxylic acids is 1. The first-order valence-electron chi connectivity index (χ1n) is 11.7. The molecular formula is C24H40IN5O. The van der Waals surface area contributed by atoms with Crippen LogP contribution in [0.2, 0.25) is 0 Å². The van der Waals surface area contributed by atoms with Crippen molar-refractivity contribution < 1.29 is 4.79 Å². The van der Waals surface area contributed by atoms with Crippen LogP contribution in [-0.2, 0) is 11.3 Å². The van der Waals surface area contributed by atoms with Crippen LogP contribution < -0.4 is 16.0 Å². The summed E-state index contributed by atoms with van der Waals surface area (Å²) in [5.41, 5.74) is 2.01. The van der Waals surface area contributed by atoms with Gasteiger partial charge in [0, 0.05) is 31.7 Å². The molecule has 0 atom stereocenters. The van der Waals surface area contributed by atoms with Gasteiger partial charge >= 0.3 is 0 Å². The number of benzene rings is 1. The van der Waals surface area contributed by atoms with E-state index in [-0.39, 0.29) is 35.8 Å². The van der Waals surface area contributed by atoms with E-state index < -0.39 is 0 Å². The Morgan fingerprint density at radius 1 is 1.13 bits per heavy atom. The lowest BCUT2D eigenvalue weighted by Crippen LogP contribution is -2.39. The third-order valence-electron chi connectivity index (χ3n) is 6.42. The Morgan fingerprint density at radius 3 is 2.58 bits per heavy atom. The normalized spacial score (nSPS) is 18.5. The highest BCUT2D eigenvalue weighted by atomic mass is 127. The summed E-state index contributed by atoms with van der Waals surface area (Å²) in [6.07, 6.45) is 8.17. The summed E-state index contributed by atoms with van der Waals surface area (Å²) in [5, 5.41) is 9.88. The highest BCUT2D eigenvalue weighted by Crippen LogP contribution is 2.26. The number of amides is 1. The van der Waals surface area contributed by atoms with Crippen molar-refractivity contribution in [2.75, 3.05) is 38.5 Å². The zero-order chi connectivity index (χ0) is 21.2. The van der Waals surface area contributed by atoms with E-state index in [9.17, 15) is 4.79 Å². The van der Waals surface area contributed by atoms with Gasteiger partial charge in [0.25, 0.3) is 0 Å². The van der Waals surface area contributed by atoms with Crippen molar-refractivity contribution in [3.05, 3.63) is 29.8 Å². The van der Waals surface area contributed by atoms with Crippen molar-refractivity contribution in [2.45, 2.75) is 58.4 Å². The average molecular weight is 542 g/mol. The Labute approximate surface area is 205 Å². The molecule has 174 valence electrons. The van der Waals surface area contributed by atoms with Crippen LogP contribution in [0.5, 0.6) is 0 Å². The third-order valence-corrected chi connectivity index (χ3v) is 6.42. The number of guanidine groups is 1. The van der Waals surface area contributed by atoms with Crippen LogP contribution in [0.1, 0.15) is 57.4 Å². The summed E-state index contributed by atoms with van der Waals surface area (Å²) < 4.78 is 0. The zero-order valence-corrected chi connectivity index (χ0v) is 21.5. The van der Waals surface area contributed by atoms with E-state index >= 15 is 0 Å². The Kier molecular flexibility index (Phi) is 11.6. The molecule has 0 radical (unpaired) electrons. The molecule has 3 rings (SSSR count). The van der Waals surface area contributed by atoms with Crippen LogP contribution in [-0.4, -0.2) is 50.0 Å². The molecule has 1 amide bonds. The SMILES string of the molecule is CN=C(NCCCN1CCC(C)CC1)NCc1cccc(NC(=O)C2CCCC2)c1.I. The Hall–Kier alpha value is -1.35. The minimum atomic E-state index is 0. The number of hydrogen-bond donors (Lipinski definition) is 3. The molecule has 0 spiro atoms. The zero-order valence-electron chi connectivity index (χ0n) is 19.2. The topological polar surface area (TPSA) is 68.8 Å². The molecule has 1 aliphatic heterocycles. The summed E-state index contributed by atoms with van der Waals surface area (Å²) in [4.78, 5) is 19.3. The van der Waals surface area contributed by atoms with Crippen molar-refractivity contribution in [3.8, 4) is 0 Å². The Balaban J connectivity index is 0.00000341. The molecule has 1 aliphatic carbocycles. The molecule has 1 aromatic carbocycles. The number of halogens is 1. The minimum absolute atomic E-state index is 0. The second kappa shape index (κ2) is 13.9. The Morgan fingerprint density at radius 2 is 1.87 bits per heavy atom. The van der Waals surface area contributed by atoms with Gasteiger partial charge in [-0.05, 0) is 75.4 Å². The second-order valence-electron chi connectivity index (χ2n) is 8.90. The van der Waals surface area contributed by atoms with Gasteiger partial charge in [-0.3, -0.25) is 9.79 Å². The van der Waals surface area contributed by atoms with E-state index in [1.165, 1.54) is 38.8 Å². The molecule has 1 aromatic rings. The largest absolute Gasteiger partial charge is 0.356 e. The molecule has 7 heteroatoms. The lowest BCUT2D eigenvalue weighted by molar-refractivity contribution is -0.119. The van der Waals surface area contributed by atoms with Gasteiger partial charge in [0.15, 0.2) is 5.96 Å². The molecule has 6 nitrogen and oxygen atoms in total. The van der Waals surface area contributed by atoms with E-state index in [0.717, 1.165) is 55.5 Å². The summed E-state index contributed by atoms with van der Waals surface area (Å²) in [5.74, 6) is 2.06. The maximum atomic E-state index is 12.4. The average Bonchev–Trinajstić information content (AvgIpc) is 3.30. The van der Waals surface area contributed by atoms with Crippen molar-refractivity contribution in [1.29, 1.82) is 0 Å². The number of nitrogens with zero attached hydrogens (tertiary/aromatic N) is 2. The van der Waals surface area contributed by atoms with E-state index in [4.69, 9.17) is 0 Å². The monoisotopic (exact) mass is 541 g/mol. The summed E-state index contributed by atoms with van der Waals surface area (Å²) in [6, 6.07) is 8.08. The first-order chi connectivity index (χ1) is 14.6. The molecule has 31 heavy (non-hydrogen) atoms. The van der Waals surface area contributed by atoms with Crippen molar-refractivity contribution in [2.24, 2.45) is 16.8 Å². The number of nitrogens with one attached hydrogen (secondary N) is 3. The molecule has 1 saturated heterocycles. The summed E-state index contributed by atoms with van der Waals surface area (Å²) in [6.45, 7) is 7.58. The van der Waals surface area contributed by atoms with Gasteiger partial charge in [-0.15, -0.1) is 24.0 Å². The van der Waals surface area contributed by atoms with Crippen LogP contribution in [0.15, 0.2) is 29.3 Å². The first kappa shape index (κ1) is 25.9. The lowest BCUT2D eigenvalue weighted by atomic mass is 9.99. The van der Waals surface area contributed by atoms with E-state index in [2.05, 4.69) is 38.8 Å². The fourth-order valence-electron chi connectivity index (χ4n) is 4.39. The molecule has 1 saturated carbocycles. The number of rotatable bonds is 8. The van der Waals surface area contributed by atoms with Crippen LogP contribution in [0.3, 0.4) is 0 Å². The van der Waals surface area contributed by atoms with Gasteiger partial charge in [0.1, 0.15) is 0 Å². The lowest BCUT2D eigenvalue weighted by Gasteiger charge is -2.30. The highest BCUT2D eigenvalue weighted by molar-refractivity contribution is 14.0. The quantitative estimate of drug-likeness (QED) is 0.200. The van der Waals surface area contributed by atoms with Crippen molar-refractivity contribution in [1.82, 2.24) is 15.5 Å². The molecule has 1 heterocycles. The third kappa shape index (κ3) is 8.96. The predicted octanol–water partition coefficient (Wildman–Crippen LogP) is 4.22. The van der Waals surface area contributed by atoms with Crippen LogP contribution in [0.25, 0.3) is 0 Å². The van der Waals surface area contributed by atoms with Crippen LogP contribution >= 0.6 is 24.0 Å². The number of aliphatic imine (C=N–C) groups is 1. The van der Waals surface area contributed by atoms with E-state index in [0.29, 0.717) is 6.54 Å². The smallest absolute Gasteiger partial charge is 0.227 e. The fourth-order valence-corrected chi connectivity index (χ4v) is 4.39. The van der Waals surface area contributed by atoms with Gasteiger partial charge in [0.2, 0.25) is 5.91 Å². The van der Waals surface area contributed by atoms with Gasteiger partial charge in [-0.25, -0.2) is 0 Å². The highest BCUT2D eigenvalue weighted by Gasteiger charge is 2.22. The predicted molar refractivity (Wildman–Crippen MR) is 140 cm³/mol. The fraction of sp³-hybridized carbons (Fsp3) is 0.667. The number of piperidine rings is 1. The molecule has 0 aromatic heterocycles. The molecular weight excluding hydrogens is 501 g/mol. The van der Waals surface area contributed by atoms with Gasteiger partial charge < -0.3 is 20.9 Å². The molecule has 0 bridgehead atoms. The van der Waals surface area contributed by atoms with Crippen LogP contribution in [0.4, 0.5) is 5.69 Å². The standard InChI is InChI=1S/C24H39N5O.HI/c1-19-11-15-29(16-12-19)14-6-13-26-24(25-2)27-18-20-7-5-10-22(17-20)28-23(30)21-8-3-4-9-21;/h5,7,10,17,19,21H,3-4,6,8-9,11-16,18H2,1-2H3,(H,28,30)(H2,25,26,27);1H.